The highest BCUT2D eigenvalue weighted by Crippen LogP contribution is 2.63. The van der Waals surface area contributed by atoms with Crippen molar-refractivity contribution in [2.24, 2.45) is 0 Å². The van der Waals surface area contributed by atoms with Crippen LogP contribution in [0.2, 0.25) is 10.0 Å². The fourth-order valence-electron chi connectivity index (χ4n) is 10.6. The Balaban J connectivity index is 0.752. The van der Waals surface area contributed by atoms with Crippen LogP contribution in [0.4, 0.5) is 15.8 Å². The number of imide groups is 1. The second-order valence-electron chi connectivity index (χ2n) is 17.5. The highest BCUT2D eigenvalue weighted by Gasteiger charge is 2.72. The van der Waals surface area contributed by atoms with Crippen LogP contribution in [0.5, 0.6) is 0 Å². The van der Waals surface area contributed by atoms with E-state index in [0.717, 1.165) is 24.8 Å². The van der Waals surface area contributed by atoms with E-state index >= 15 is 4.39 Å². The second kappa shape index (κ2) is 19.4. The summed E-state index contributed by atoms with van der Waals surface area (Å²) >= 11 is 12.8. The number of benzene rings is 4. The molecule has 2 saturated heterocycles. The van der Waals surface area contributed by atoms with Crippen LogP contribution in [0.25, 0.3) is 11.1 Å². The molecular formula is C49H49Cl2FN6O9. The minimum atomic E-state index is -1.36. The number of amides is 5. The smallest absolute Gasteiger partial charge is 0.408 e. The molecule has 0 bridgehead atoms. The van der Waals surface area contributed by atoms with Crippen LogP contribution in [0.3, 0.4) is 0 Å². The summed E-state index contributed by atoms with van der Waals surface area (Å²) < 4.78 is 34.3. The van der Waals surface area contributed by atoms with Gasteiger partial charge >= 0.3 is 5.76 Å². The average molecular weight is 956 g/mol. The minimum absolute atomic E-state index is 0.112. The zero-order chi connectivity index (χ0) is 46.9. The topological polar surface area (TPSA) is 199 Å². The van der Waals surface area contributed by atoms with Gasteiger partial charge in [0.05, 0.1) is 36.4 Å². The first-order valence-electron chi connectivity index (χ1n) is 22.6. The number of anilines is 2. The number of hydrogen-bond donors (Lipinski definition) is 5. The van der Waals surface area contributed by atoms with Gasteiger partial charge in [-0.15, -0.1) is 0 Å². The van der Waals surface area contributed by atoms with Crippen LogP contribution in [0, 0.1) is 5.82 Å². The molecule has 1 unspecified atom stereocenters. The van der Waals surface area contributed by atoms with Gasteiger partial charge in [-0.25, -0.2) is 9.18 Å². The maximum atomic E-state index is 16.2. The number of nitrogens with zero attached hydrogens (tertiary/aromatic N) is 1. The maximum Gasteiger partial charge on any atom is 0.420 e. The molecule has 3 aliphatic heterocycles. The molecule has 4 heterocycles. The molecule has 5 aromatic rings. The van der Waals surface area contributed by atoms with Crippen molar-refractivity contribution in [1.29, 1.82) is 0 Å². The molecule has 5 amide bonds. The van der Waals surface area contributed by atoms with Gasteiger partial charge in [0.1, 0.15) is 17.3 Å². The van der Waals surface area contributed by atoms with Crippen LogP contribution in [-0.4, -0.2) is 78.7 Å². The normalized spacial score (nSPS) is 22.0. The van der Waals surface area contributed by atoms with Crippen molar-refractivity contribution in [1.82, 2.24) is 20.5 Å². The van der Waals surface area contributed by atoms with Crippen LogP contribution < -0.4 is 32.3 Å². The fourth-order valence-corrected chi connectivity index (χ4v) is 11.0. The molecule has 0 radical (unpaired) electrons. The lowest BCUT2D eigenvalue weighted by molar-refractivity contribution is -0.136. The summed E-state index contributed by atoms with van der Waals surface area (Å²) in [5, 5.41) is 15.0. The number of aryl methyl sites for hydroxylation is 1. The summed E-state index contributed by atoms with van der Waals surface area (Å²) in [6, 6.07) is 19.8. The number of halogens is 3. The summed E-state index contributed by atoms with van der Waals surface area (Å²) in [6.45, 7) is 1.66. The molecule has 4 aromatic carbocycles. The Kier molecular flexibility index (Phi) is 13.4. The van der Waals surface area contributed by atoms with E-state index in [0.29, 0.717) is 84.1 Å². The third kappa shape index (κ3) is 8.77. The molecule has 67 heavy (non-hydrogen) atoms. The van der Waals surface area contributed by atoms with E-state index in [2.05, 4.69) is 26.6 Å². The molecular weight excluding hydrogens is 906 g/mol. The fraction of sp³-hybridized carbons (Fsp3) is 0.388. The Labute approximate surface area is 394 Å². The molecule has 1 aliphatic carbocycles. The van der Waals surface area contributed by atoms with Crippen molar-refractivity contribution < 1.29 is 42.3 Å². The van der Waals surface area contributed by atoms with Crippen LogP contribution in [0.15, 0.2) is 88.1 Å². The molecule has 1 aromatic heterocycles. The van der Waals surface area contributed by atoms with Crippen molar-refractivity contribution in [3.8, 4) is 0 Å². The van der Waals surface area contributed by atoms with Crippen molar-refractivity contribution in [2.75, 3.05) is 43.6 Å². The lowest BCUT2D eigenvalue weighted by Crippen LogP contribution is -2.60. The quantitative estimate of drug-likeness (QED) is 0.0556. The van der Waals surface area contributed by atoms with E-state index in [4.69, 9.17) is 37.1 Å². The third-order valence-corrected chi connectivity index (χ3v) is 14.1. The Morgan fingerprint density at radius 2 is 1.66 bits per heavy atom. The van der Waals surface area contributed by atoms with E-state index in [1.807, 2.05) is 6.07 Å². The van der Waals surface area contributed by atoms with Crippen LogP contribution >= 0.6 is 23.2 Å². The molecule has 350 valence electrons. The summed E-state index contributed by atoms with van der Waals surface area (Å²) in [7, 11) is 0. The monoisotopic (exact) mass is 954 g/mol. The number of fused-ring (bicyclic) bond motifs is 4. The molecule has 1 saturated carbocycles. The van der Waals surface area contributed by atoms with E-state index in [1.165, 1.54) is 10.6 Å². The molecule has 9 rings (SSSR count). The maximum absolute atomic E-state index is 16.2. The Morgan fingerprint density at radius 1 is 0.881 bits per heavy atom. The van der Waals surface area contributed by atoms with E-state index in [-0.39, 0.29) is 54.3 Å². The van der Waals surface area contributed by atoms with Gasteiger partial charge in [0.15, 0.2) is 5.58 Å². The molecule has 15 nitrogen and oxygen atoms in total. The molecule has 3 fully saturated rings. The van der Waals surface area contributed by atoms with Gasteiger partial charge in [0.2, 0.25) is 23.6 Å². The number of oxazole rings is 1. The van der Waals surface area contributed by atoms with Crippen molar-refractivity contribution >= 4 is 75.2 Å². The van der Waals surface area contributed by atoms with E-state index in [9.17, 15) is 28.8 Å². The highest BCUT2D eigenvalue weighted by molar-refractivity contribution is 6.31. The van der Waals surface area contributed by atoms with Gasteiger partial charge in [0, 0.05) is 53.0 Å². The van der Waals surface area contributed by atoms with Crippen molar-refractivity contribution in [3.05, 3.63) is 128 Å². The van der Waals surface area contributed by atoms with Crippen LogP contribution in [0.1, 0.15) is 90.4 Å². The van der Waals surface area contributed by atoms with Gasteiger partial charge in [-0.1, -0.05) is 66.7 Å². The second-order valence-corrected chi connectivity index (χ2v) is 18.3. The summed E-state index contributed by atoms with van der Waals surface area (Å²) in [6.07, 6.45) is 5.52. The predicted octanol–water partition coefficient (Wildman–Crippen LogP) is 6.70. The Bertz CT molecular complexity index is 2810. The zero-order valence-corrected chi connectivity index (χ0v) is 37.9. The summed E-state index contributed by atoms with van der Waals surface area (Å²) in [5.74, 6) is -4.31. The number of hydrogen-bond acceptors (Lipinski definition) is 10. The van der Waals surface area contributed by atoms with E-state index in [1.54, 1.807) is 66.7 Å². The summed E-state index contributed by atoms with van der Waals surface area (Å²) in [5.41, 5.74) is 1.69. The molecule has 5 N–H and O–H groups in total. The molecule has 4 atom stereocenters. The van der Waals surface area contributed by atoms with Crippen molar-refractivity contribution in [2.45, 2.75) is 86.7 Å². The SMILES string of the molecule is O=C1CCC(n2c(=O)oc3cc(CCCOCCOCCNC(=O)c4ccc(NC(=O)[C@@H]5NC6(CCCCC6)[C@@]6(C(=O)Nc7cc(Cl)ccc76)[C@H]5c5cccc(Cl)c5F)cc4)ccc32)C(=O)N1. The van der Waals surface area contributed by atoms with E-state index < -0.39 is 52.3 Å². The third-order valence-electron chi connectivity index (χ3n) is 13.6. The molecule has 18 heteroatoms. The van der Waals surface area contributed by atoms with Gasteiger partial charge in [-0.3, -0.25) is 39.2 Å². The van der Waals surface area contributed by atoms with Crippen LogP contribution in [-0.2, 0) is 40.5 Å². The highest BCUT2D eigenvalue weighted by atomic mass is 35.5. The number of aromatic nitrogens is 1. The average Bonchev–Trinajstić information content (AvgIpc) is 3.90. The standard InChI is InChI=1S/C49H49Cl2FN6O9/c50-30-12-15-33-35(27-30)55-46(63)49(33)40(32-7-4-8-34(51)41(32)52)42(57-48(49)19-2-1-3-20-48)45(62)54-31-13-10-29(11-14-31)43(60)53-21-23-66-25-24-65-22-5-6-28-9-16-36-38(26-28)67-47(64)58(36)37-17-18-39(59)56-44(37)61/h4,7-16,26-27,37,40,42,57H,1-3,5-6,17-25H2,(H,53,60)(H,54,62)(H,55,63)(H,56,59,61)/t37?,40-,42+,49+/m0/s1. The molecule has 4 aliphatic rings. The first-order chi connectivity index (χ1) is 32.4. The van der Waals surface area contributed by atoms with Gasteiger partial charge in [0.25, 0.3) is 5.91 Å². The number of nitrogens with one attached hydrogen (secondary N) is 5. The number of rotatable bonds is 15. The number of piperidine rings is 1. The first-order valence-corrected chi connectivity index (χ1v) is 23.3. The lowest BCUT2D eigenvalue weighted by Gasteiger charge is -2.47. The Hall–Kier alpha value is -5.91. The predicted molar refractivity (Wildman–Crippen MR) is 248 cm³/mol. The first kappa shape index (κ1) is 46.2. The largest absolute Gasteiger partial charge is 0.420 e. The van der Waals surface area contributed by atoms with Gasteiger partial charge in [-0.05, 0) is 103 Å². The molecule has 2 spiro atoms. The summed E-state index contributed by atoms with van der Waals surface area (Å²) in [4.78, 5) is 78.6. The number of carbonyl (C=O) groups excluding carboxylic acids is 5. The lowest BCUT2D eigenvalue weighted by atomic mass is 9.55. The Morgan fingerprint density at radius 3 is 2.43 bits per heavy atom. The number of ether oxygens (including phenoxy) is 2. The number of carbonyl (C=O) groups is 5. The zero-order valence-electron chi connectivity index (χ0n) is 36.4. The van der Waals surface area contributed by atoms with Gasteiger partial charge < -0.3 is 29.8 Å². The minimum Gasteiger partial charge on any atom is -0.408 e. The van der Waals surface area contributed by atoms with Gasteiger partial charge in [-0.2, -0.15) is 0 Å². The van der Waals surface area contributed by atoms with Crippen molar-refractivity contribution in [3.63, 3.8) is 0 Å².